The molecule has 0 aliphatic rings. The minimum Gasteiger partial charge on any atom is -0.311 e. The van der Waals surface area contributed by atoms with Gasteiger partial charge in [-0.25, -0.2) is 43.9 Å². The number of halogens is 10. The van der Waals surface area contributed by atoms with E-state index in [0.29, 0.717) is 17.1 Å². The first-order chi connectivity index (χ1) is 29.3. The van der Waals surface area contributed by atoms with Gasteiger partial charge in [0.25, 0.3) is 0 Å². The lowest BCUT2D eigenvalue weighted by Crippen LogP contribution is -2.10. The Kier molecular flexibility index (Phi) is 9.65. The van der Waals surface area contributed by atoms with Crippen molar-refractivity contribution in [3.63, 3.8) is 0 Å². The molecule has 0 spiro atoms. The fourth-order valence-corrected chi connectivity index (χ4v) is 7.65. The smallest absolute Gasteiger partial charge is 0.200 e. The zero-order valence-electron chi connectivity index (χ0n) is 31.5. The lowest BCUT2D eigenvalue weighted by atomic mass is 10.0. The molecule has 0 aliphatic heterocycles. The van der Waals surface area contributed by atoms with Gasteiger partial charge in [0.2, 0.25) is 11.6 Å². The first-order valence-electron chi connectivity index (χ1n) is 18.6. The number of hydrogen-bond donors (Lipinski definition) is 0. The number of para-hydroxylation sites is 1. The predicted octanol–water partition coefficient (Wildman–Crippen LogP) is 15.0. The van der Waals surface area contributed by atoms with E-state index in [0.717, 1.165) is 68.4 Å². The van der Waals surface area contributed by atoms with Gasteiger partial charge < -0.3 is 9.47 Å². The number of benzene rings is 8. The van der Waals surface area contributed by atoms with Crippen LogP contribution < -0.4 is 4.90 Å². The number of rotatable bonds is 7. The molecule has 9 aromatic rings. The average molecular weight is 833 g/mol. The Morgan fingerprint density at radius 3 is 1.18 bits per heavy atom. The summed E-state index contributed by atoms with van der Waals surface area (Å²) in [5, 5.41) is 2.06. The van der Waals surface area contributed by atoms with Crippen LogP contribution in [0.15, 0.2) is 140 Å². The summed E-state index contributed by atoms with van der Waals surface area (Å²) in [6.45, 7) is 2.03. The van der Waals surface area contributed by atoms with E-state index < -0.39 is 69.3 Å². The topological polar surface area (TPSA) is 8.17 Å². The summed E-state index contributed by atoms with van der Waals surface area (Å²) < 4.78 is 145. The van der Waals surface area contributed by atoms with Gasteiger partial charge in [0.1, 0.15) is 0 Å². The SMILES string of the molecule is Cc1ccc(-n2c3ccccc3c3cc(-c4ccc(N(c5ccc(-c6c(F)c(F)c(F)c(F)c6F)cc5)c5ccc(-c6c(F)c(F)c(F)c(F)c6F)cc5)cc4)ccc32)cc1. The van der Waals surface area contributed by atoms with Crippen LogP contribution >= 0.6 is 0 Å². The van der Waals surface area contributed by atoms with Crippen LogP contribution in [0, 0.1) is 65.1 Å². The minimum atomic E-state index is -2.30. The molecular formula is C49H26F10N2. The van der Waals surface area contributed by atoms with E-state index in [9.17, 15) is 43.9 Å². The average Bonchev–Trinajstić information content (AvgIpc) is 3.61. The molecule has 9 rings (SSSR count). The van der Waals surface area contributed by atoms with Crippen molar-refractivity contribution >= 4 is 38.9 Å². The molecule has 0 aliphatic carbocycles. The van der Waals surface area contributed by atoms with Gasteiger partial charge in [0.15, 0.2) is 46.5 Å². The zero-order valence-corrected chi connectivity index (χ0v) is 31.5. The standard InChI is InChI=1S/C49H26F10N2/c1-25-6-15-33(16-7-25)61-36-5-3-2-4-34(36)35-24-29(14-23-37(35)61)26-8-17-30(18-9-26)60(31-19-10-27(11-20-31)38-40(50)44(54)48(58)45(55)41(38)51)32-21-12-28(13-22-32)39-42(52)46(56)49(59)47(57)43(39)53/h2-24H,1H3. The molecular weight excluding hydrogens is 807 g/mol. The Bertz CT molecular complexity index is 3010. The lowest BCUT2D eigenvalue weighted by Gasteiger charge is -2.26. The van der Waals surface area contributed by atoms with Gasteiger partial charge in [0, 0.05) is 33.5 Å². The Morgan fingerprint density at radius 1 is 0.344 bits per heavy atom. The van der Waals surface area contributed by atoms with E-state index in [1.54, 1.807) is 17.0 Å². The van der Waals surface area contributed by atoms with Crippen LogP contribution in [0.4, 0.5) is 61.0 Å². The second-order valence-electron chi connectivity index (χ2n) is 14.3. The van der Waals surface area contributed by atoms with Crippen LogP contribution in [0.25, 0.3) is 60.9 Å². The zero-order chi connectivity index (χ0) is 42.9. The van der Waals surface area contributed by atoms with E-state index in [-0.39, 0.29) is 11.1 Å². The molecule has 2 nitrogen and oxygen atoms in total. The van der Waals surface area contributed by atoms with E-state index >= 15 is 0 Å². The molecule has 61 heavy (non-hydrogen) atoms. The van der Waals surface area contributed by atoms with Gasteiger partial charge >= 0.3 is 0 Å². The molecule has 12 heteroatoms. The Hall–Kier alpha value is -7.34. The second-order valence-corrected chi connectivity index (χ2v) is 14.3. The second kappa shape index (κ2) is 15.0. The number of fused-ring (bicyclic) bond motifs is 3. The summed E-state index contributed by atoms with van der Waals surface area (Å²) >= 11 is 0. The van der Waals surface area contributed by atoms with Gasteiger partial charge in [-0.05, 0) is 95.9 Å². The van der Waals surface area contributed by atoms with Gasteiger partial charge in [0.05, 0.1) is 22.2 Å². The predicted molar refractivity (Wildman–Crippen MR) is 216 cm³/mol. The molecule has 0 atom stereocenters. The van der Waals surface area contributed by atoms with Crippen molar-refractivity contribution in [1.29, 1.82) is 0 Å². The fraction of sp³-hybridized carbons (Fsp3) is 0.0204. The van der Waals surface area contributed by atoms with E-state index in [1.807, 2.05) is 43.3 Å². The molecule has 0 fully saturated rings. The normalized spacial score (nSPS) is 11.5. The molecule has 1 aromatic heterocycles. The molecule has 0 amide bonds. The van der Waals surface area contributed by atoms with Crippen LogP contribution in [0.3, 0.4) is 0 Å². The molecule has 0 saturated carbocycles. The molecule has 0 bridgehead atoms. The Labute approximate surface area is 340 Å². The van der Waals surface area contributed by atoms with Crippen LogP contribution in [0.1, 0.15) is 5.56 Å². The summed E-state index contributed by atoms with van der Waals surface area (Å²) in [4.78, 5) is 1.60. The van der Waals surface area contributed by atoms with Gasteiger partial charge in [-0.3, -0.25) is 0 Å². The number of hydrogen-bond acceptors (Lipinski definition) is 1. The largest absolute Gasteiger partial charge is 0.311 e. The van der Waals surface area contributed by atoms with E-state index in [4.69, 9.17) is 0 Å². The van der Waals surface area contributed by atoms with Crippen molar-refractivity contribution in [2.45, 2.75) is 6.92 Å². The van der Waals surface area contributed by atoms with Crippen LogP contribution in [0.5, 0.6) is 0 Å². The number of anilines is 3. The fourth-order valence-electron chi connectivity index (χ4n) is 7.65. The monoisotopic (exact) mass is 832 g/mol. The molecule has 1 heterocycles. The third-order valence-electron chi connectivity index (χ3n) is 10.7. The molecule has 0 unspecified atom stereocenters. The maximum absolute atomic E-state index is 14.8. The van der Waals surface area contributed by atoms with Crippen molar-refractivity contribution in [2.24, 2.45) is 0 Å². The maximum atomic E-state index is 14.8. The summed E-state index contributed by atoms with van der Waals surface area (Å²) in [5.74, 6) is -21.1. The van der Waals surface area contributed by atoms with Gasteiger partial charge in [-0.2, -0.15) is 0 Å². The van der Waals surface area contributed by atoms with Gasteiger partial charge in [-0.1, -0.05) is 78.4 Å². The van der Waals surface area contributed by atoms with E-state index in [1.165, 1.54) is 24.3 Å². The van der Waals surface area contributed by atoms with E-state index in [2.05, 4.69) is 47.0 Å². The minimum absolute atomic E-state index is 0.301. The van der Waals surface area contributed by atoms with Gasteiger partial charge in [-0.15, -0.1) is 0 Å². The summed E-state index contributed by atoms with van der Waals surface area (Å²) in [7, 11) is 0. The van der Waals surface area contributed by atoms with Crippen molar-refractivity contribution < 1.29 is 43.9 Å². The number of nitrogens with zero attached hydrogens (tertiary/aromatic N) is 2. The first kappa shape index (κ1) is 39.1. The first-order valence-corrected chi connectivity index (χ1v) is 18.6. The van der Waals surface area contributed by atoms with Crippen LogP contribution in [-0.2, 0) is 0 Å². The van der Waals surface area contributed by atoms with Crippen molar-refractivity contribution in [3.8, 4) is 39.1 Å². The van der Waals surface area contributed by atoms with Crippen LogP contribution in [-0.4, -0.2) is 4.57 Å². The third kappa shape index (κ3) is 6.46. The highest BCUT2D eigenvalue weighted by Crippen LogP contribution is 2.41. The lowest BCUT2D eigenvalue weighted by molar-refractivity contribution is 0.381. The van der Waals surface area contributed by atoms with Crippen LogP contribution in [0.2, 0.25) is 0 Å². The Balaban J connectivity index is 1.13. The quantitative estimate of drug-likeness (QED) is 0.0882. The molecule has 0 radical (unpaired) electrons. The maximum Gasteiger partial charge on any atom is 0.200 e. The van der Waals surface area contributed by atoms with Crippen molar-refractivity contribution in [3.05, 3.63) is 203 Å². The number of aromatic nitrogens is 1. The molecule has 0 saturated heterocycles. The summed E-state index contributed by atoms with van der Waals surface area (Å²) in [6.07, 6.45) is 0. The highest BCUT2D eigenvalue weighted by molar-refractivity contribution is 6.10. The molecule has 302 valence electrons. The third-order valence-corrected chi connectivity index (χ3v) is 10.7. The molecule has 0 N–H and O–H groups in total. The Morgan fingerprint density at radius 2 is 0.721 bits per heavy atom. The summed E-state index contributed by atoms with van der Waals surface area (Å²) in [5.41, 5.74) is 4.04. The molecule has 8 aromatic carbocycles. The highest BCUT2D eigenvalue weighted by Gasteiger charge is 2.28. The van der Waals surface area contributed by atoms with Crippen molar-refractivity contribution in [1.82, 2.24) is 4.57 Å². The number of aryl methyl sites for hydroxylation is 1. The highest BCUT2D eigenvalue weighted by atomic mass is 19.2. The van der Waals surface area contributed by atoms with Crippen molar-refractivity contribution in [2.75, 3.05) is 4.90 Å². The summed E-state index contributed by atoms with van der Waals surface area (Å²) in [6, 6.07) is 39.7.